The first-order chi connectivity index (χ1) is 11.1. The molecule has 1 N–H and O–H groups in total. The Hall–Kier alpha value is -1.39. The number of likely N-dealkylation sites (tertiary alicyclic amines) is 1. The van der Waals surface area contributed by atoms with E-state index in [1.54, 1.807) is 0 Å². The Morgan fingerprint density at radius 1 is 1.17 bits per heavy atom. The van der Waals surface area contributed by atoms with Gasteiger partial charge in [0.1, 0.15) is 6.04 Å². The molecule has 3 rings (SSSR count). The lowest BCUT2D eigenvalue weighted by Gasteiger charge is -2.39. The van der Waals surface area contributed by atoms with Crippen molar-refractivity contribution in [3.05, 3.63) is 35.4 Å². The van der Waals surface area contributed by atoms with Crippen LogP contribution in [0.15, 0.2) is 24.3 Å². The summed E-state index contributed by atoms with van der Waals surface area (Å²) in [5.74, 6) is 0.914. The maximum atomic E-state index is 13.3. The molecule has 0 aliphatic carbocycles. The first-order valence-corrected chi connectivity index (χ1v) is 8.95. The Bertz CT molecular complexity index is 522. The van der Waals surface area contributed by atoms with Crippen LogP contribution in [0, 0.1) is 12.8 Å². The van der Waals surface area contributed by atoms with Gasteiger partial charge in [-0.05, 0) is 31.2 Å². The molecule has 0 aromatic heterocycles. The zero-order valence-corrected chi connectivity index (χ0v) is 14.4. The van der Waals surface area contributed by atoms with Gasteiger partial charge in [-0.25, -0.2) is 0 Å². The fourth-order valence-electron chi connectivity index (χ4n) is 3.76. The molecule has 2 heterocycles. The molecule has 4 nitrogen and oxygen atoms in total. The van der Waals surface area contributed by atoms with E-state index >= 15 is 0 Å². The second kappa shape index (κ2) is 7.45. The lowest BCUT2D eigenvalue weighted by molar-refractivity contribution is -0.139. The summed E-state index contributed by atoms with van der Waals surface area (Å²) < 4.78 is 0. The third kappa shape index (κ3) is 3.93. The van der Waals surface area contributed by atoms with Crippen molar-refractivity contribution in [1.82, 2.24) is 15.1 Å². The van der Waals surface area contributed by atoms with E-state index < -0.39 is 0 Å². The van der Waals surface area contributed by atoms with E-state index in [9.17, 15) is 4.79 Å². The first-order valence-electron chi connectivity index (χ1n) is 8.95. The minimum atomic E-state index is -0.122. The minimum Gasteiger partial charge on any atom is -0.341 e. The van der Waals surface area contributed by atoms with Crippen LogP contribution in [0.3, 0.4) is 0 Å². The number of piperazine rings is 1. The van der Waals surface area contributed by atoms with Crippen LogP contribution < -0.4 is 5.32 Å². The predicted octanol–water partition coefficient (Wildman–Crippen LogP) is 2.20. The van der Waals surface area contributed by atoms with Crippen molar-refractivity contribution in [2.75, 3.05) is 39.3 Å². The average Bonchev–Trinajstić information content (AvgIpc) is 2.58. The van der Waals surface area contributed by atoms with Crippen LogP contribution in [0.5, 0.6) is 0 Å². The van der Waals surface area contributed by atoms with Gasteiger partial charge < -0.3 is 10.2 Å². The molecule has 0 radical (unpaired) electrons. The van der Waals surface area contributed by atoms with Crippen molar-refractivity contribution < 1.29 is 4.79 Å². The van der Waals surface area contributed by atoms with E-state index in [1.165, 1.54) is 12.0 Å². The third-order valence-corrected chi connectivity index (χ3v) is 5.11. The van der Waals surface area contributed by atoms with Crippen molar-refractivity contribution in [1.29, 1.82) is 0 Å². The Morgan fingerprint density at radius 3 is 2.52 bits per heavy atom. The SMILES string of the molecule is Cc1ccc(C(C(=O)N2CCCC(C)C2)N2CCNCC2)cc1. The summed E-state index contributed by atoms with van der Waals surface area (Å²) in [6.45, 7) is 9.98. The average molecular weight is 315 g/mol. The molecule has 1 aromatic carbocycles. The largest absolute Gasteiger partial charge is 0.341 e. The first kappa shape index (κ1) is 16.5. The number of piperidine rings is 1. The summed E-state index contributed by atoms with van der Waals surface area (Å²) in [5, 5.41) is 3.39. The number of hydrogen-bond donors (Lipinski definition) is 1. The minimum absolute atomic E-state index is 0.122. The topological polar surface area (TPSA) is 35.6 Å². The Labute approximate surface area is 139 Å². The van der Waals surface area contributed by atoms with Gasteiger partial charge in [0.2, 0.25) is 5.91 Å². The Kier molecular flexibility index (Phi) is 5.34. The highest BCUT2D eigenvalue weighted by molar-refractivity contribution is 5.83. The molecule has 0 bridgehead atoms. The number of benzene rings is 1. The quantitative estimate of drug-likeness (QED) is 0.929. The van der Waals surface area contributed by atoms with Crippen LogP contribution in [0.2, 0.25) is 0 Å². The fourth-order valence-corrected chi connectivity index (χ4v) is 3.76. The van der Waals surface area contributed by atoms with Crippen LogP contribution in [0.1, 0.15) is 36.9 Å². The van der Waals surface area contributed by atoms with Crippen molar-refractivity contribution in [3.8, 4) is 0 Å². The molecule has 1 amide bonds. The zero-order chi connectivity index (χ0) is 16.2. The lowest BCUT2D eigenvalue weighted by atomic mass is 9.97. The van der Waals surface area contributed by atoms with Crippen molar-refractivity contribution in [2.24, 2.45) is 5.92 Å². The van der Waals surface area contributed by atoms with Gasteiger partial charge in [0.15, 0.2) is 0 Å². The van der Waals surface area contributed by atoms with Gasteiger partial charge in [0.05, 0.1) is 0 Å². The third-order valence-electron chi connectivity index (χ3n) is 5.11. The molecule has 2 fully saturated rings. The summed E-state index contributed by atoms with van der Waals surface area (Å²) in [4.78, 5) is 17.7. The number of aryl methyl sites for hydroxylation is 1. The normalized spacial score (nSPS) is 24.4. The standard InChI is InChI=1S/C19H29N3O/c1-15-5-7-17(8-6-15)18(21-12-9-20-10-13-21)19(23)22-11-3-4-16(2)14-22/h5-8,16,18,20H,3-4,9-14H2,1-2H3. The number of rotatable bonds is 3. The van der Waals surface area contributed by atoms with Gasteiger partial charge >= 0.3 is 0 Å². The lowest BCUT2D eigenvalue weighted by Crippen LogP contribution is -2.51. The van der Waals surface area contributed by atoms with E-state index in [4.69, 9.17) is 0 Å². The number of carbonyl (C=O) groups excluding carboxylic acids is 1. The molecule has 2 saturated heterocycles. The van der Waals surface area contributed by atoms with E-state index in [0.29, 0.717) is 11.8 Å². The fraction of sp³-hybridized carbons (Fsp3) is 0.632. The van der Waals surface area contributed by atoms with Gasteiger partial charge in [0.25, 0.3) is 0 Å². The second-order valence-electron chi connectivity index (χ2n) is 7.13. The molecular weight excluding hydrogens is 286 g/mol. The van der Waals surface area contributed by atoms with Crippen LogP contribution in [-0.2, 0) is 4.79 Å². The molecule has 23 heavy (non-hydrogen) atoms. The van der Waals surface area contributed by atoms with Crippen molar-refractivity contribution in [2.45, 2.75) is 32.7 Å². The molecular formula is C19H29N3O. The van der Waals surface area contributed by atoms with Gasteiger partial charge in [0, 0.05) is 39.3 Å². The van der Waals surface area contributed by atoms with E-state index in [-0.39, 0.29) is 6.04 Å². The molecule has 2 atom stereocenters. The van der Waals surface area contributed by atoms with Gasteiger partial charge in [-0.2, -0.15) is 0 Å². The molecule has 126 valence electrons. The molecule has 2 aliphatic rings. The van der Waals surface area contributed by atoms with Crippen LogP contribution in [0.4, 0.5) is 0 Å². The van der Waals surface area contributed by atoms with E-state index in [2.05, 4.69) is 53.2 Å². The summed E-state index contributed by atoms with van der Waals surface area (Å²) in [7, 11) is 0. The summed E-state index contributed by atoms with van der Waals surface area (Å²) in [6, 6.07) is 8.39. The van der Waals surface area contributed by atoms with Gasteiger partial charge in [-0.15, -0.1) is 0 Å². The number of nitrogens with one attached hydrogen (secondary N) is 1. The van der Waals surface area contributed by atoms with E-state index in [1.807, 2.05) is 0 Å². The van der Waals surface area contributed by atoms with Crippen LogP contribution >= 0.6 is 0 Å². The maximum Gasteiger partial charge on any atom is 0.244 e. The second-order valence-corrected chi connectivity index (χ2v) is 7.13. The van der Waals surface area contributed by atoms with Crippen molar-refractivity contribution >= 4 is 5.91 Å². The molecule has 0 spiro atoms. The summed E-state index contributed by atoms with van der Waals surface area (Å²) in [6.07, 6.45) is 2.38. The molecule has 4 heteroatoms. The molecule has 1 aromatic rings. The molecule has 0 saturated carbocycles. The molecule has 2 unspecified atom stereocenters. The van der Waals surface area contributed by atoms with E-state index in [0.717, 1.165) is 51.3 Å². The number of amides is 1. The predicted molar refractivity (Wildman–Crippen MR) is 93.3 cm³/mol. The van der Waals surface area contributed by atoms with Crippen molar-refractivity contribution in [3.63, 3.8) is 0 Å². The summed E-state index contributed by atoms with van der Waals surface area (Å²) in [5.41, 5.74) is 2.38. The number of carbonyl (C=O) groups is 1. The Morgan fingerprint density at radius 2 is 1.87 bits per heavy atom. The smallest absolute Gasteiger partial charge is 0.244 e. The number of hydrogen-bond acceptors (Lipinski definition) is 3. The highest BCUT2D eigenvalue weighted by Gasteiger charge is 2.33. The highest BCUT2D eigenvalue weighted by Crippen LogP contribution is 2.27. The monoisotopic (exact) mass is 315 g/mol. The highest BCUT2D eigenvalue weighted by atomic mass is 16.2. The Balaban J connectivity index is 1.84. The maximum absolute atomic E-state index is 13.3. The summed E-state index contributed by atoms with van der Waals surface area (Å²) >= 11 is 0. The number of nitrogens with zero attached hydrogens (tertiary/aromatic N) is 2. The van der Waals surface area contributed by atoms with Gasteiger partial charge in [-0.3, -0.25) is 9.69 Å². The van der Waals surface area contributed by atoms with Crippen LogP contribution in [0.25, 0.3) is 0 Å². The molecule has 2 aliphatic heterocycles. The van der Waals surface area contributed by atoms with Crippen LogP contribution in [-0.4, -0.2) is 55.0 Å². The van der Waals surface area contributed by atoms with Gasteiger partial charge in [-0.1, -0.05) is 36.8 Å². The zero-order valence-electron chi connectivity index (χ0n) is 14.4.